The van der Waals surface area contributed by atoms with E-state index < -0.39 is 5.60 Å². The van der Waals surface area contributed by atoms with Crippen LogP contribution in [-0.4, -0.2) is 29.1 Å². The molecule has 2 aliphatic heterocycles. The van der Waals surface area contributed by atoms with Gasteiger partial charge in [-0.1, -0.05) is 91.0 Å². The standard InChI is InChI=1S/C27H29NO/c29-27(23-12-6-2-7-13-23,24-14-8-3-9-15-24)25-16-17-28-20-22(18-26(28)19-25)21-10-4-1-5-11-21/h1-15,22,25-26,29H,16-20H2/t22-,25-,26-/m1/s1. The molecule has 3 aromatic carbocycles. The van der Waals surface area contributed by atoms with Crippen molar-refractivity contribution in [2.45, 2.75) is 36.8 Å². The molecule has 0 aromatic heterocycles. The van der Waals surface area contributed by atoms with E-state index in [-0.39, 0.29) is 5.92 Å². The molecule has 0 unspecified atom stereocenters. The van der Waals surface area contributed by atoms with Crippen molar-refractivity contribution < 1.29 is 5.11 Å². The van der Waals surface area contributed by atoms with E-state index in [1.54, 1.807) is 0 Å². The smallest absolute Gasteiger partial charge is 0.117 e. The molecular weight excluding hydrogens is 354 g/mol. The average Bonchev–Trinajstić information content (AvgIpc) is 3.24. The third-order valence-electron chi connectivity index (χ3n) is 7.14. The Morgan fingerprint density at radius 1 is 0.724 bits per heavy atom. The Morgan fingerprint density at radius 2 is 1.28 bits per heavy atom. The quantitative estimate of drug-likeness (QED) is 0.670. The molecule has 2 nitrogen and oxygen atoms in total. The third kappa shape index (κ3) is 3.41. The van der Waals surface area contributed by atoms with Crippen LogP contribution in [0.25, 0.3) is 0 Å². The summed E-state index contributed by atoms with van der Waals surface area (Å²) in [6, 6.07) is 32.0. The zero-order valence-electron chi connectivity index (χ0n) is 16.8. The Bertz CT molecular complexity index is 885. The van der Waals surface area contributed by atoms with Gasteiger partial charge in [0.25, 0.3) is 0 Å². The van der Waals surface area contributed by atoms with Crippen LogP contribution in [0.4, 0.5) is 0 Å². The van der Waals surface area contributed by atoms with Crippen molar-refractivity contribution in [3.63, 3.8) is 0 Å². The molecule has 2 saturated heterocycles. The fourth-order valence-electron chi connectivity index (χ4n) is 5.64. The first-order chi connectivity index (χ1) is 14.2. The predicted molar refractivity (Wildman–Crippen MR) is 118 cm³/mol. The van der Waals surface area contributed by atoms with Gasteiger partial charge in [-0.25, -0.2) is 0 Å². The highest BCUT2D eigenvalue weighted by atomic mass is 16.3. The molecule has 3 atom stereocenters. The lowest BCUT2D eigenvalue weighted by Crippen LogP contribution is -2.46. The van der Waals surface area contributed by atoms with Crippen molar-refractivity contribution in [1.82, 2.24) is 4.90 Å². The van der Waals surface area contributed by atoms with Crippen LogP contribution >= 0.6 is 0 Å². The number of benzene rings is 3. The molecule has 0 spiro atoms. The van der Waals surface area contributed by atoms with Crippen LogP contribution in [0.1, 0.15) is 41.9 Å². The molecule has 0 aliphatic carbocycles. The molecule has 0 saturated carbocycles. The van der Waals surface area contributed by atoms with Crippen LogP contribution in [0, 0.1) is 5.92 Å². The van der Waals surface area contributed by atoms with E-state index >= 15 is 0 Å². The summed E-state index contributed by atoms with van der Waals surface area (Å²) in [6.45, 7) is 2.22. The van der Waals surface area contributed by atoms with Gasteiger partial charge in [-0.2, -0.15) is 0 Å². The molecule has 0 amide bonds. The van der Waals surface area contributed by atoms with Crippen LogP contribution in [-0.2, 0) is 5.60 Å². The molecule has 2 fully saturated rings. The summed E-state index contributed by atoms with van der Waals surface area (Å²) in [4.78, 5) is 2.66. The molecule has 3 aromatic rings. The third-order valence-corrected chi connectivity index (χ3v) is 7.14. The minimum Gasteiger partial charge on any atom is -0.380 e. The summed E-state index contributed by atoms with van der Waals surface area (Å²) < 4.78 is 0. The van der Waals surface area contributed by atoms with Crippen LogP contribution in [0.5, 0.6) is 0 Å². The number of nitrogens with zero attached hydrogens (tertiary/aromatic N) is 1. The molecule has 29 heavy (non-hydrogen) atoms. The fourth-order valence-corrected chi connectivity index (χ4v) is 5.64. The Balaban J connectivity index is 1.44. The average molecular weight is 384 g/mol. The van der Waals surface area contributed by atoms with Crippen LogP contribution in [0.15, 0.2) is 91.0 Å². The van der Waals surface area contributed by atoms with Crippen molar-refractivity contribution in [2.24, 2.45) is 5.92 Å². The lowest BCUT2D eigenvalue weighted by Gasteiger charge is -2.44. The van der Waals surface area contributed by atoms with Crippen LogP contribution in [0.2, 0.25) is 0 Å². The molecule has 1 N–H and O–H groups in total. The van der Waals surface area contributed by atoms with Gasteiger partial charge in [0, 0.05) is 12.6 Å². The lowest BCUT2D eigenvalue weighted by molar-refractivity contribution is -0.0232. The van der Waals surface area contributed by atoms with Gasteiger partial charge in [0.15, 0.2) is 0 Å². The van der Waals surface area contributed by atoms with Crippen molar-refractivity contribution in [3.05, 3.63) is 108 Å². The topological polar surface area (TPSA) is 23.5 Å². The molecule has 2 aliphatic rings. The predicted octanol–water partition coefficient (Wildman–Crippen LogP) is 5.19. The lowest BCUT2D eigenvalue weighted by atomic mass is 9.70. The van der Waals surface area contributed by atoms with Crippen LogP contribution in [0.3, 0.4) is 0 Å². The Hall–Kier alpha value is -2.42. The van der Waals surface area contributed by atoms with Crippen LogP contribution < -0.4 is 0 Å². The second-order valence-corrected chi connectivity index (χ2v) is 8.71. The minimum atomic E-state index is -0.931. The Kier molecular flexibility index (Phi) is 4.99. The molecular formula is C27H29NO. The second-order valence-electron chi connectivity index (χ2n) is 8.71. The highest BCUT2D eigenvalue weighted by molar-refractivity contribution is 5.37. The van der Waals surface area contributed by atoms with E-state index in [1.165, 1.54) is 12.0 Å². The SMILES string of the molecule is OC(c1ccccc1)(c1ccccc1)[C@@H]1CCN2C[C@H](c3ccccc3)C[C@@H]2C1. The maximum Gasteiger partial charge on any atom is 0.117 e. The van der Waals surface area contributed by atoms with Crippen molar-refractivity contribution in [3.8, 4) is 0 Å². The van der Waals surface area contributed by atoms with Gasteiger partial charge >= 0.3 is 0 Å². The Morgan fingerprint density at radius 3 is 1.86 bits per heavy atom. The molecule has 5 rings (SSSR count). The van der Waals surface area contributed by atoms with Gasteiger partial charge in [-0.15, -0.1) is 0 Å². The monoisotopic (exact) mass is 383 g/mol. The largest absolute Gasteiger partial charge is 0.380 e. The minimum absolute atomic E-state index is 0.225. The van der Waals surface area contributed by atoms with E-state index in [4.69, 9.17) is 0 Å². The summed E-state index contributed by atoms with van der Waals surface area (Å²) in [5.41, 5.74) is 2.56. The van der Waals surface area contributed by atoms with Gasteiger partial charge in [0.2, 0.25) is 0 Å². The molecule has 2 heteroatoms. The first-order valence-corrected chi connectivity index (χ1v) is 10.9. The number of rotatable bonds is 4. The maximum atomic E-state index is 12.2. The normalized spacial score (nSPS) is 24.9. The summed E-state index contributed by atoms with van der Waals surface area (Å²) in [5, 5.41) is 12.2. The van der Waals surface area contributed by atoms with Gasteiger partial charge in [0.05, 0.1) is 0 Å². The molecule has 0 bridgehead atoms. The summed E-state index contributed by atoms with van der Waals surface area (Å²) in [7, 11) is 0. The van der Waals surface area contributed by atoms with Gasteiger partial charge in [-0.05, 0) is 54.3 Å². The molecule has 148 valence electrons. The van der Waals surface area contributed by atoms with Crippen molar-refractivity contribution in [2.75, 3.05) is 13.1 Å². The maximum absolute atomic E-state index is 12.2. The zero-order chi connectivity index (χ0) is 19.7. The number of aliphatic hydroxyl groups is 1. The van der Waals surface area contributed by atoms with E-state index in [2.05, 4.69) is 59.5 Å². The number of fused-ring (bicyclic) bond motifs is 1. The number of piperidine rings is 1. The van der Waals surface area contributed by atoms with E-state index in [9.17, 15) is 5.11 Å². The van der Waals surface area contributed by atoms with Gasteiger partial charge < -0.3 is 5.11 Å². The summed E-state index contributed by atoms with van der Waals surface area (Å²) >= 11 is 0. The van der Waals surface area contributed by atoms with E-state index in [0.717, 1.165) is 37.1 Å². The van der Waals surface area contributed by atoms with E-state index in [1.807, 2.05) is 36.4 Å². The highest BCUT2D eigenvalue weighted by Gasteiger charge is 2.46. The molecule has 2 heterocycles. The Labute approximate surface area is 173 Å². The summed E-state index contributed by atoms with van der Waals surface area (Å²) in [5.74, 6) is 0.838. The first-order valence-electron chi connectivity index (χ1n) is 10.9. The first kappa shape index (κ1) is 18.6. The van der Waals surface area contributed by atoms with Crippen molar-refractivity contribution >= 4 is 0 Å². The van der Waals surface area contributed by atoms with Gasteiger partial charge in [-0.3, -0.25) is 4.90 Å². The fraction of sp³-hybridized carbons (Fsp3) is 0.333. The second kappa shape index (κ2) is 7.78. The number of hydrogen-bond acceptors (Lipinski definition) is 2. The zero-order valence-corrected chi connectivity index (χ0v) is 16.8. The van der Waals surface area contributed by atoms with Crippen molar-refractivity contribution in [1.29, 1.82) is 0 Å². The molecule has 0 radical (unpaired) electrons. The summed E-state index contributed by atoms with van der Waals surface area (Å²) in [6.07, 6.45) is 3.27. The van der Waals surface area contributed by atoms with E-state index in [0.29, 0.717) is 12.0 Å². The number of hydrogen-bond donors (Lipinski definition) is 1. The highest BCUT2D eigenvalue weighted by Crippen LogP contribution is 2.46. The van der Waals surface area contributed by atoms with Gasteiger partial charge in [0.1, 0.15) is 5.60 Å².